The van der Waals surface area contributed by atoms with Gasteiger partial charge in [-0.2, -0.15) is 4.98 Å². The Kier molecular flexibility index (Phi) is 6.79. The summed E-state index contributed by atoms with van der Waals surface area (Å²) >= 11 is 6.03. The first-order chi connectivity index (χ1) is 13.6. The zero-order valence-corrected chi connectivity index (χ0v) is 16.8. The van der Waals surface area contributed by atoms with Gasteiger partial charge in [0.15, 0.2) is 0 Å². The topological polar surface area (TPSA) is 70.2 Å². The van der Waals surface area contributed by atoms with Gasteiger partial charge in [-0.15, -0.1) is 0 Å². The van der Waals surface area contributed by atoms with Gasteiger partial charge in [0.25, 0.3) is 0 Å². The molecule has 3 aromatic rings. The third kappa shape index (κ3) is 5.18. The van der Waals surface area contributed by atoms with Crippen LogP contribution in [0.15, 0.2) is 48.5 Å². The van der Waals surface area contributed by atoms with Crippen LogP contribution in [-0.4, -0.2) is 40.4 Å². The maximum atomic E-state index is 12.1. The van der Waals surface area contributed by atoms with Crippen LogP contribution >= 0.6 is 11.6 Å². The van der Waals surface area contributed by atoms with E-state index in [-0.39, 0.29) is 11.2 Å². The molecule has 6 nitrogen and oxygen atoms in total. The highest BCUT2D eigenvalue weighted by atomic mass is 35.5. The van der Waals surface area contributed by atoms with Gasteiger partial charge in [0.2, 0.25) is 11.2 Å². The molecule has 1 heterocycles. The van der Waals surface area contributed by atoms with Gasteiger partial charge < -0.3 is 15.5 Å². The third-order valence-corrected chi connectivity index (χ3v) is 4.73. The molecule has 0 atom stereocenters. The number of halogens is 1. The van der Waals surface area contributed by atoms with Crippen LogP contribution in [0.4, 0.5) is 17.2 Å². The van der Waals surface area contributed by atoms with Gasteiger partial charge in [-0.05, 0) is 61.1 Å². The summed E-state index contributed by atoms with van der Waals surface area (Å²) in [6.07, 6.45) is 0.479. The van der Waals surface area contributed by atoms with Crippen molar-refractivity contribution in [3.05, 3.63) is 53.8 Å². The summed E-state index contributed by atoms with van der Waals surface area (Å²) < 4.78 is 0. The summed E-state index contributed by atoms with van der Waals surface area (Å²) in [5, 5.41) is 7.29. The second kappa shape index (κ2) is 9.48. The number of aromatic nitrogens is 2. The van der Waals surface area contributed by atoms with E-state index < -0.39 is 0 Å². The molecule has 0 aliphatic carbocycles. The average molecular weight is 398 g/mol. The number of para-hydroxylation sites is 1. The third-order valence-electron chi connectivity index (χ3n) is 4.56. The highest BCUT2D eigenvalue weighted by molar-refractivity contribution is 6.28. The number of hydrogen-bond acceptors (Lipinski definition) is 5. The number of hydrogen-bond donors (Lipinski definition) is 2. The van der Waals surface area contributed by atoms with Gasteiger partial charge in [0, 0.05) is 29.7 Å². The Labute approximate surface area is 169 Å². The van der Waals surface area contributed by atoms with Crippen LogP contribution < -0.4 is 10.6 Å². The first kappa shape index (κ1) is 20.0. The summed E-state index contributed by atoms with van der Waals surface area (Å²) in [6.45, 7) is 6.86. The van der Waals surface area contributed by atoms with Gasteiger partial charge in [0.1, 0.15) is 5.82 Å². The van der Waals surface area contributed by atoms with Crippen molar-refractivity contribution >= 4 is 45.6 Å². The van der Waals surface area contributed by atoms with E-state index >= 15 is 0 Å². The van der Waals surface area contributed by atoms with Crippen molar-refractivity contribution in [2.24, 2.45) is 0 Å². The molecule has 0 aliphatic heterocycles. The summed E-state index contributed by atoms with van der Waals surface area (Å²) in [4.78, 5) is 22.9. The van der Waals surface area contributed by atoms with Crippen LogP contribution in [0.1, 0.15) is 20.3 Å². The molecule has 0 unspecified atom stereocenters. The number of nitrogens with one attached hydrogen (secondary N) is 2. The predicted octanol–water partition coefficient (Wildman–Crippen LogP) is 4.70. The van der Waals surface area contributed by atoms with E-state index in [1.165, 1.54) is 0 Å². The van der Waals surface area contributed by atoms with Gasteiger partial charge in [-0.3, -0.25) is 4.79 Å². The van der Waals surface area contributed by atoms with Crippen LogP contribution in [0, 0.1) is 0 Å². The Bertz CT molecular complexity index is 941. The van der Waals surface area contributed by atoms with Crippen molar-refractivity contribution in [2.75, 3.05) is 30.3 Å². The monoisotopic (exact) mass is 397 g/mol. The van der Waals surface area contributed by atoms with E-state index in [2.05, 4.69) is 39.3 Å². The fourth-order valence-corrected chi connectivity index (χ4v) is 3.12. The Balaban J connectivity index is 1.65. The van der Waals surface area contributed by atoms with E-state index in [4.69, 9.17) is 11.6 Å². The van der Waals surface area contributed by atoms with Gasteiger partial charge in [-0.25, -0.2) is 4.98 Å². The maximum absolute atomic E-state index is 12.1. The minimum atomic E-state index is 0.0150. The Morgan fingerprint density at radius 3 is 2.39 bits per heavy atom. The Morgan fingerprint density at radius 2 is 1.68 bits per heavy atom. The molecule has 0 bridgehead atoms. The smallest absolute Gasteiger partial charge is 0.225 e. The Hall–Kier alpha value is -2.70. The minimum absolute atomic E-state index is 0.0150. The molecule has 3 rings (SSSR count). The molecule has 1 amide bonds. The van der Waals surface area contributed by atoms with Crippen LogP contribution in [0.2, 0.25) is 5.28 Å². The number of carbonyl (C=O) groups excluding carboxylic acids is 1. The zero-order chi connectivity index (χ0) is 19.9. The molecule has 7 heteroatoms. The molecule has 2 N–H and O–H groups in total. The molecule has 0 aliphatic rings. The van der Waals surface area contributed by atoms with Crippen molar-refractivity contribution in [3.8, 4) is 0 Å². The van der Waals surface area contributed by atoms with Crippen LogP contribution in [0.5, 0.6) is 0 Å². The largest absolute Gasteiger partial charge is 0.340 e. The molecule has 28 heavy (non-hydrogen) atoms. The second-order valence-electron chi connectivity index (χ2n) is 6.39. The molecule has 2 aromatic carbocycles. The average Bonchev–Trinajstić information content (AvgIpc) is 2.70. The lowest BCUT2D eigenvalue weighted by molar-refractivity contribution is -0.116. The fourth-order valence-electron chi connectivity index (χ4n) is 2.94. The standard InChI is InChI=1S/C21H24ClN5O/c1-3-27(4-2)14-13-19(28)23-15-9-11-16(12-10-15)24-20-17-7-5-6-8-18(17)25-21(22)26-20/h5-12H,3-4,13-14H2,1-2H3,(H,23,28)(H,24,25,26). The SMILES string of the molecule is CCN(CC)CCC(=O)Nc1ccc(Nc2nc(Cl)nc3ccccc23)cc1. The number of carbonyl (C=O) groups is 1. The lowest BCUT2D eigenvalue weighted by Gasteiger charge is -2.17. The van der Waals surface area contributed by atoms with Crippen molar-refractivity contribution in [1.29, 1.82) is 0 Å². The molecule has 0 radical (unpaired) electrons. The van der Waals surface area contributed by atoms with E-state index in [9.17, 15) is 4.79 Å². The van der Waals surface area contributed by atoms with Crippen LogP contribution in [-0.2, 0) is 4.79 Å². The highest BCUT2D eigenvalue weighted by Gasteiger charge is 2.08. The lowest BCUT2D eigenvalue weighted by atomic mass is 10.2. The molecular weight excluding hydrogens is 374 g/mol. The predicted molar refractivity (Wildman–Crippen MR) is 115 cm³/mol. The van der Waals surface area contributed by atoms with E-state index in [1.807, 2.05) is 48.5 Å². The molecule has 1 aromatic heterocycles. The summed E-state index contributed by atoms with van der Waals surface area (Å²) in [5.41, 5.74) is 2.39. The number of anilines is 3. The van der Waals surface area contributed by atoms with Crippen molar-refractivity contribution in [1.82, 2.24) is 14.9 Å². The van der Waals surface area contributed by atoms with Crippen LogP contribution in [0.3, 0.4) is 0 Å². The number of benzene rings is 2. The summed E-state index contributed by atoms with van der Waals surface area (Å²) in [5.74, 6) is 0.660. The van der Waals surface area contributed by atoms with E-state index in [0.717, 1.165) is 41.9 Å². The minimum Gasteiger partial charge on any atom is -0.340 e. The molecular formula is C21H24ClN5O. The quantitative estimate of drug-likeness (QED) is 0.539. The lowest BCUT2D eigenvalue weighted by Crippen LogP contribution is -2.27. The number of nitrogens with zero attached hydrogens (tertiary/aromatic N) is 3. The number of rotatable bonds is 8. The molecule has 0 spiro atoms. The normalized spacial score (nSPS) is 11.0. The van der Waals surface area contributed by atoms with Gasteiger partial charge in [-0.1, -0.05) is 26.0 Å². The van der Waals surface area contributed by atoms with E-state index in [0.29, 0.717) is 12.2 Å². The van der Waals surface area contributed by atoms with Crippen molar-refractivity contribution in [3.63, 3.8) is 0 Å². The second-order valence-corrected chi connectivity index (χ2v) is 6.72. The molecule has 0 saturated carbocycles. The van der Waals surface area contributed by atoms with Gasteiger partial charge in [0.05, 0.1) is 5.52 Å². The number of amides is 1. The summed E-state index contributed by atoms with van der Waals surface area (Å²) in [7, 11) is 0. The number of fused-ring (bicyclic) bond motifs is 1. The zero-order valence-electron chi connectivity index (χ0n) is 16.1. The maximum Gasteiger partial charge on any atom is 0.225 e. The van der Waals surface area contributed by atoms with Crippen molar-refractivity contribution in [2.45, 2.75) is 20.3 Å². The first-order valence-corrected chi connectivity index (χ1v) is 9.78. The van der Waals surface area contributed by atoms with Gasteiger partial charge >= 0.3 is 0 Å². The Morgan fingerprint density at radius 1 is 1.00 bits per heavy atom. The molecule has 146 valence electrons. The van der Waals surface area contributed by atoms with Crippen LogP contribution in [0.25, 0.3) is 10.9 Å². The fraction of sp³-hybridized carbons (Fsp3) is 0.286. The van der Waals surface area contributed by atoms with E-state index in [1.54, 1.807) is 0 Å². The highest BCUT2D eigenvalue weighted by Crippen LogP contribution is 2.25. The summed E-state index contributed by atoms with van der Waals surface area (Å²) in [6, 6.07) is 15.2. The molecule has 0 saturated heterocycles. The molecule has 0 fully saturated rings. The van der Waals surface area contributed by atoms with Crippen molar-refractivity contribution < 1.29 is 4.79 Å². The first-order valence-electron chi connectivity index (χ1n) is 9.40.